The first-order valence-electron chi connectivity index (χ1n) is 5.46. The Kier molecular flexibility index (Phi) is 4.68. The van der Waals surface area contributed by atoms with E-state index in [0.717, 1.165) is 0 Å². The highest BCUT2D eigenvalue weighted by Gasteiger charge is 2.00. The van der Waals surface area contributed by atoms with Gasteiger partial charge in [-0.25, -0.2) is 0 Å². The van der Waals surface area contributed by atoms with Crippen LogP contribution in [0.1, 0.15) is 30.9 Å². The summed E-state index contributed by atoms with van der Waals surface area (Å²) in [6.45, 7) is 4.43. The third kappa shape index (κ3) is 3.51. The molecule has 78 valence electrons. The molecule has 0 saturated heterocycles. The average Bonchev–Trinajstić information content (AvgIpc) is 2.20. The van der Waals surface area contributed by atoms with Crippen LogP contribution < -0.4 is 5.32 Å². The van der Waals surface area contributed by atoms with E-state index in [1.165, 1.54) is 30.4 Å². The molecule has 0 spiro atoms. The van der Waals surface area contributed by atoms with Gasteiger partial charge in [-0.3, -0.25) is 0 Å². The lowest BCUT2D eigenvalue weighted by molar-refractivity contribution is 0.541. The Morgan fingerprint density at radius 1 is 1.29 bits per heavy atom. The van der Waals surface area contributed by atoms with Gasteiger partial charge in [0, 0.05) is 6.04 Å². The SMILES string of the molecule is CNC(C)CCCc1ccccc1C. The van der Waals surface area contributed by atoms with Crippen molar-refractivity contribution in [2.45, 2.75) is 39.2 Å². The van der Waals surface area contributed by atoms with Crippen LogP contribution in [-0.2, 0) is 6.42 Å². The second kappa shape index (κ2) is 5.82. The van der Waals surface area contributed by atoms with Crippen molar-refractivity contribution in [1.82, 2.24) is 5.32 Å². The monoisotopic (exact) mass is 191 g/mol. The summed E-state index contributed by atoms with van der Waals surface area (Å²) in [7, 11) is 2.03. The summed E-state index contributed by atoms with van der Waals surface area (Å²) in [5, 5.41) is 3.27. The Morgan fingerprint density at radius 3 is 2.64 bits per heavy atom. The van der Waals surface area contributed by atoms with E-state index in [2.05, 4.69) is 43.4 Å². The van der Waals surface area contributed by atoms with Crippen LogP contribution in [0.15, 0.2) is 24.3 Å². The third-order valence-corrected chi connectivity index (χ3v) is 2.84. The molecule has 1 nitrogen and oxygen atoms in total. The Balaban J connectivity index is 2.35. The number of rotatable bonds is 5. The minimum absolute atomic E-state index is 0.638. The van der Waals surface area contributed by atoms with Gasteiger partial charge in [-0.1, -0.05) is 24.3 Å². The van der Waals surface area contributed by atoms with Gasteiger partial charge in [0.25, 0.3) is 0 Å². The van der Waals surface area contributed by atoms with Crippen molar-refractivity contribution in [3.05, 3.63) is 35.4 Å². The summed E-state index contributed by atoms with van der Waals surface area (Å²) >= 11 is 0. The van der Waals surface area contributed by atoms with Crippen LogP contribution in [-0.4, -0.2) is 13.1 Å². The molecule has 0 amide bonds. The minimum atomic E-state index is 0.638. The van der Waals surface area contributed by atoms with Gasteiger partial charge < -0.3 is 5.32 Å². The highest BCUT2D eigenvalue weighted by Crippen LogP contribution is 2.11. The normalized spacial score (nSPS) is 12.8. The molecule has 1 N–H and O–H groups in total. The molecule has 1 heteroatoms. The van der Waals surface area contributed by atoms with Gasteiger partial charge in [-0.2, -0.15) is 0 Å². The van der Waals surface area contributed by atoms with Gasteiger partial charge in [0.2, 0.25) is 0 Å². The summed E-state index contributed by atoms with van der Waals surface area (Å²) in [4.78, 5) is 0. The molecule has 0 radical (unpaired) electrons. The van der Waals surface area contributed by atoms with Crippen molar-refractivity contribution in [2.24, 2.45) is 0 Å². The molecule has 0 heterocycles. The van der Waals surface area contributed by atoms with Gasteiger partial charge >= 0.3 is 0 Å². The van der Waals surface area contributed by atoms with Gasteiger partial charge in [-0.15, -0.1) is 0 Å². The average molecular weight is 191 g/mol. The van der Waals surface area contributed by atoms with Crippen molar-refractivity contribution in [2.75, 3.05) is 7.05 Å². The lowest BCUT2D eigenvalue weighted by Crippen LogP contribution is -2.20. The predicted molar refractivity (Wildman–Crippen MR) is 62.6 cm³/mol. The predicted octanol–water partition coefficient (Wildman–Crippen LogP) is 2.93. The Morgan fingerprint density at radius 2 is 2.00 bits per heavy atom. The van der Waals surface area contributed by atoms with Crippen molar-refractivity contribution in [3.63, 3.8) is 0 Å². The molecule has 0 bridgehead atoms. The second-order valence-corrected chi connectivity index (χ2v) is 4.01. The van der Waals surface area contributed by atoms with E-state index < -0.39 is 0 Å². The third-order valence-electron chi connectivity index (χ3n) is 2.84. The number of aryl methyl sites for hydroxylation is 2. The maximum Gasteiger partial charge on any atom is 0.00358 e. The smallest absolute Gasteiger partial charge is 0.00358 e. The van der Waals surface area contributed by atoms with Crippen LogP contribution in [0.2, 0.25) is 0 Å². The van der Waals surface area contributed by atoms with E-state index in [4.69, 9.17) is 0 Å². The summed E-state index contributed by atoms with van der Waals surface area (Å²) in [6.07, 6.45) is 3.73. The van der Waals surface area contributed by atoms with Crippen LogP contribution in [0, 0.1) is 6.92 Å². The van der Waals surface area contributed by atoms with Crippen molar-refractivity contribution in [1.29, 1.82) is 0 Å². The number of benzene rings is 1. The highest BCUT2D eigenvalue weighted by atomic mass is 14.8. The number of nitrogens with one attached hydrogen (secondary N) is 1. The molecule has 1 atom stereocenters. The van der Waals surface area contributed by atoms with Crippen LogP contribution in [0.5, 0.6) is 0 Å². The summed E-state index contributed by atoms with van der Waals surface area (Å²) < 4.78 is 0. The zero-order chi connectivity index (χ0) is 10.4. The molecule has 0 aromatic heterocycles. The van der Waals surface area contributed by atoms with Crippen LogP contribution in [0.3, 0.4) is 0 Å². The molecular formula is C13H21N. The fourth-order valence-electron chi connectivity index (χ4n) is 1.63. The van der Waals surface area contributed by atoms with E-state index in [1.54, 1.807) is 0 Å². The molecule has 1 unspecified atom stereocenters. The second-order valence-electron chi connectivity index (χ2n) is 4.01. The molecule has 14 heavy (non-hydrogen) atoms. The fraction of sp³-hybridized carbons (Fsp3) is 0.538. The quantitative estimate of drug-likeness (QED) is 0.754. The van der Waals surface area contributed by atoms with Crippen LogP contribution in [0.25, 0.3) is 0 Å². The van der Waals surface area contributed by atoms with Crippen LogP contribution >= 0.6 is 0 Å². The lowest BCUT2D eigenvalue weighted by Gasteiger charge is -2.10. The maximum absolute atomic E-state index is 3.27. The largest absolute Gasteiger partial charge is 0.317 e. The lowest BCUT2D eigenvalue weighted by atomic mass is 10.0. The molecule has 1 rings (SSSR count). The van der Waals surface area contributed by atoms with Crippen molar-refractivity contribution < 1.29 is 0 Å². The van der Waals surface area contributed by atoms with Crippen molar-refractivity contribution >= 4 is 0 Å². The maximum atomic E-state index is 3.27. The molecule has 0 aliphatic rings. The Labute approximate surface area is 87.5 Å². The number of hydrogen-bond acceptors (Lipinski definition) is 1. The summed E-state index contributed by atoms with van der Waals surface area (Å²) in [6, 6.07) is 9.30. The zero-order valence-corrected chi connectivity index (χ0v) is 9.51. The van der Waals surface area contributed by atoms with Gasteiger partial charge in [0.05, 0.1) is 0 Å². The topological polar surface area (TPSA) is 12.0 Å². The molecule has 0 fully saturated rings. The van der Waals surface area contributed by atoms with E-state index in [1.807, 2.05) is 7.05 Å². The molecule has 1 aromatic rings. The van der Waals surface area contributed by atoms with E-state index in [9.17, 15) is 0 Å². The van der Waals surface area contributed by atoms with Crippen molar-refractivity contribution in [3.8, 4) is 0 Å². The first-order valence-corrected chi connectivity index (χ1v) is 5.46. The first kappa shape index (κ1) is 11.3. The highest BCUT2D eigenvalue weighted by molar-refractivity contribution is 5.25. The standard InChI is InChI=1S/C13H21N/c1-11-7-4-5-9-13(11)10-6-8-12(2)14-3/h4-5,7,9,12,14H,6,8,10H2,1-3H3. The Hall–Kier alpha value is -0.820. The van der Waals surface area contributed by atoms with E-state index in [-0.39, 0.29) is 0 Å². The molecular weight excluding hydrogens is 170 g/mol. The van der Waals surface area contributed by atoms with Gasteiger partial charge in [-0.05, 0) is 51.3 Å². The fourth-order valence-corrected chi connectivity index (χ4v) is 1.63. The molecule has 1 aromatic carbocycles. The van der Waals surface area contributed by atoms with E-state index >= 15 is 0 Å². The summed E-state index contributed by atoms with van der Waals surface area (Å²) in [5.41, 5.74) is 2.92. The number of hydrogen-bond donors (Lipinski definition) is 1. The van der Waals surface area contributed by atoms with Gasteiger partial charge in [0.15, 0.2) is 0 Å². The molecule has 0 saturated carbocycles. The van der Waals surface area contributed by atoms with Gasteiger partial charge in [0.1, 0.15) is 0 Å². The first-order chi connectivity index (χ1) is 6.74. The summed E-state index contributed by atoms with van der Waals surface area (Å²) in [5.74, 6) is 0. The molecule has 0 aliphatic carbocycles. The van der Waals surface area contributed by atoms with E-state index in [0.29, 0.717) is 6.04 Å². The Bertz CT molecular complexity index is 268. The van der Waals surface area contributed by atoms with Crippen LogP contribution in [0.4, 0.5) is 0 Å². The molecule has 0 aliphatic heterocycles. The zero-order valence-electron chi connectivity index (χ0n) is 9.51. The minimum Gasteiger partial charge on any atom is -0.317 e.